The van der Waals surface area contributed by atoms with Gasteiger partial charge in [0.1, 0.15) is 4.21 Å². The summed E-state index contributed by atoms with van der Waals surface area (Å²) in [5, 5.41) is 0. The van der Waals surface area contributed by atoms with E-state index in [-0.39, 0.29) is 4.21 Å². The molecule has 0 spiro atoms. The van der Waals surface area contributed by atoms with Gasteiger partial charge in [0.25, 0.3) is 10.0 Å². The monoisotopic (exact) mass is 249 g/mol. The fraction of sp³-hybridized carbons (Fsp3) is 0.556. The van der Waals surface area contributed by atoms with Crippen LogP contribution < -0.4 is 4.89 Å². The number of aryl methyl sites for hydroxylation is 1. The third-order valence-corrected chi connectivity index (χ3v) is 4.11. The minimum Gasteiger partial charge on any atom is -0.281 e. The Morgan fingerprint density at radius 3 is 2.33 bits per heavy atom. The Morgan fingerprint density at radius 2 is 1.93 bits per heavy atom. The quantitative estimate of drug-likeness (QED) is 0.834. The summed E-state index contributed by atoms with van der Waals surface area (Å²) >= 11 is 1.21. The zero-order chi connectivity index (χ0) is 11.7. The summed E-state index contributed by atoms with van der Waals surface area (Å²) in [7, 11) is -3.53. The van der Waals surface area contributed by atoms with Gasteiger partial charge in [-0.2, -0.15) is 0 Å². The largest absolute Gasteiger partial charge is 0.281 e. The molecule has 0 aliphatic rings. The van der Waals surface area contributed by atoms with Gasteiger partial charge in [-0.25, -0.2) is 8.42 Å². The van der Waals surface area contributed by atoms with Crippen molar-refractivity contribution in [3.05, 3.63) is 17.0 Å². The summed E-state index contributed by atoms with van der Waals surface area (Å²) in [6.07, 6.45) is 0. The molecule has 1 N–H and O–H groups in total. The molecule has 0 aliphatic carbocycles. The van der Waals surface area contributed by atoms with Crippen LogP contribution in [0.5, 0.6) is 0 Å². The summed E-state index contributed by atoms with van der Waals surface area (Å²) in [6, 6.07) is 3.32. The zero-order valence-corrected chi connectivity index (χ0v) is 10.8. The first-order chi connectivity index (χ1) is 6.71. The van der Waals surface area contributed by atoms with Crippen LogP contribution in [0.15, 0.2) is 16.3 Å². The van der Waals surface area contributed by atoms with Crippen LogP contribution in [-0.2, 0) is 14.9 Å². The van der Waals surface area contributed by atoms with Gasteiger partial charge in [-0.05, 0) is 39.8 Å². The highest BCUT2D eigenvalue weighted by Gasteiger charge is 2.20. The molecule has 1 heterocycles. The van der Waals surface area contributed by atoms with E-state index in [1.807, 2.05) is 6.92 Å². The number of thiophene rings is 1. The van der Waals surface area contributed by atoms with Crippen LogP contribution in [0.4, 0.5) is 0 Å². The van der Waals surface area contributed by atoms with E-state index in [1.165, 1.54) is 11.3 Å². The highest BCUT2D eigenvalue weighted by atomic mass is 32.2. The first-order valence-electron chi connectivity index (χ1n) is 4.47. The lowest BCUT2D eigenvalue weighted by Crippen LogP contribution is -2.33. The molecule has 0 saturated heterocycles. The molecule has 0 unspecified atom stereocenters. The smallest absolute Gasteiger partial charge is 0.271 e. The van der Waals surface area contributed by atoms with Gasteiger partial charge in [0, 0.05) is 4.88 Å². The Kier molecular flexibility index (Phi) is 3.55. The highest BCUT2D eigenvalue weighted by Crippen LogP contribution is 2.20. The number of nitrogens with one attached hydrogen (secondary N) is 1. The second kappa shape index (κ2) is 4.21. The summed E-state index contributed by atoms with van der Waals surface area (Å²) in [4.78, 5) is 8.09. The molecule has 4 nitrogen and oxygen atoms in total. The average molecular weight is 249 g/mol. The summed E-state index contributed by atoms with van der Waals surface area (Å²) < 4.78 is 23.6. The maximum atomic E-state index is 11.7. The molecular weight excluding hydrogens is 234 g/mol. The summed E-state index contributed by atoms with van der Waals surface area (Å²) in [5.41, 5.74) is -0.542. The topological polar surface area (TPSA) is 55.4 Å². The van der Waals surface area contributed by atoms with Gasteiger partial charge in [0.2, 0.25) is 0 Å². The minimum absolute atomic E-state index is 0.268. The van der Waals surface area contributed by atoms with Crippen molar-refractivity contribution in [1.29, 1.82) is 0 Å². The summed E-state index contributed by atoms with van der Waals surface area (Å²) in [5.74, 6) is 0. The van der Waals surface area contributed by atoms with Crippen LogP contribution in [0, 0.1) is 6.92 Å². The van der Waals surface area contributed by atoms with E-state index < -0.39 is 15.6 Å². The molecule has 0 amide bonds. The molecule has 0 radical (unpaired) electrons. The Bertz CT molecular complexity index is 428. The van der Waals surface area contributed by atoms with E-state index in [9.17, 15) is 8.42 Å². The molecule has 1 aromatic heterocycles. The van der Waals surface area contributed by atoms with E-state index in [4.69, 9.17) is 4.84 Å². The molecule has 0 fully saturated rings. The van der Waals surface area contributed by atoms with Crippen LogP contribution in [0.25, 0.3) is 0 Å². The van der Waals surface area contributed by atoms with Crippen molar-refractivity contribution in [3.63, 3.8) is 0 Å². The number of hydrogen-bond acceptors (Lipinski definition) is 4. The van der Waals surface area contributed by atoms with E-state index in [1.54, 1.807) is 32.9 Å². The van der Waals surface area contributed by atoms with Gasteiger partial charge in [-0.3, -0.25) is 4.84 Å². The molecular formula is C9H15NO3S2. The van der Waals surface area contributed by atoms with Crippen LogP contribution in [0.1, 0.15) is 25.6 Å². The number of hydrogen-bond donors (Lipinski definition) is 1. The minimum atomic E-state index is -3.53. The first kappa shape index (κ1) is 12.6. The lowest BCUT2D eigenvalue weighted by molar-refractivity contribution is -0.0356. The maximum absolute atomic E-state index is 11.7. The molecule has 86 valence electrons. The van der Waals surface area contributed by atoms with Crippen molar-refractivity contribution in [2.45, 2.75) is 37.5 Å². The van der Waals surface area contributed by atoms with Crippen LogP contribution >= 0.6 is 11.3 Å². The predicted octanol–water partition coefficient (Wildman–Crippen LogP) is 2.06. The Hall–Kier alpha value is -0.430. The van der Waals surface area contributed by atoms with Crippen LogP contribution in [0.2, 0.25) is 0 Å². The maximum Gasteiger partial charge on any atom is 0.271 e. The zero-order valence-electron chi connectivity index (χ0n) is 9.20. The average Bonchev–Trinajstić information content (AvgIpc) is 2.48. The van der Waals surface area contributed by atoms with Crippen LogP contribution in [0.3, 0.4) is 0 Å². The third kappa shape index (κ3) is 3.90. The van der Waals surface area contributed by atoms with E-state index in [0.29, 0.717) is 0 Å². The Balaban J connectivity index is 2.77. The van der Waals surface area contributed by atoms with Gasteiger partial charge in [0.05, 0.1) is 5.60 Å². The second-order valence-electron chi connectivity index (χ2n) is 4.17. The number of rotatable bonds is 3. The lowest BCUT2D eigenvalue weighted by atomic mass is 10.2. The Labute approximate surface area is 94.3 Å². The third-order valence-electron chi connectivity index (χ3n) is 1.44. The molecule has 0 aromatic carbocycles. The van der Waals surface area contributed by atoms with Crippen molar-refractivity contribution in [2.24, 2.45) is 0 Å². The molecule has 0 saturated carbocycles. The van der Waals surface area contributed by atoms with Crippen molar-refractivity contribution < 1.29 is 13.3 Å². The SMILES string of the molecule is Cc1ccc(S(=O)(=O)NOC(C)(C)C)s1. The molecule has 0 bridgehead atoms. The van der Waals surface area contributed by atoms with Crippen LogP contribution in [-0.4, -0.2) is 14.0 Å². The second-order valence-corrected chi connectivity index (χ2v) is 7.33. The van der Waals surface area contributed by atoms with Gasteiger partial charge in [0.15, 0.2) is 0 Å². The highest BCUT2D eigenvalue weighted by molar-refractivity contribution is 7.91. The molecule has 0 aliphatic heterocycles. The fourth-order valence-electron chi connectivity index (χ4n) is 0.777. The van der Waals surface area contributed by atoms with E-state index in [2.05, 4.69) is 4.89 Å². The Morgan fingerprint density at radius 1 is 1.33 bits per heavy atom. The predicted molar refractivity (Wildman–Crippen MR) is 60.2 cm³/mol. The standard InChI is InChI=1S/C9H15NO3S2/c1-7-5-6-8(14-7)15(11,12)10-13-9(2,3)4/h5-6,10H,1-4H3. The fourth-order valence-corrected chi connectivity index (χ4v) is 2.99. The summed E-state index contributed by atoms with van der Waals surface area (Å²) in [6.45, 7) is 7.17. The van der Waals surface area contributed by atoms with Gasteiger partial charge < -0.3 is 0 Å². The normalized spacial score (nSPS) is 13.1. The van der Waals surface area contributed by atoms with Crippen molar-refractivity contribution in [1.82, 2.24) is 4.89 Å². The van der Waals surface area contributed by atoms with Gasteiger partial charge >= 0.3 is 0 Å². The molecule has 15 heavy (non-hydrogen) atoms. The van der Waals surface area contributed by atoms with E-state index >= 15 is 0 Å². The van der Waals surface area contributed by atoms with Crippen molar-refractivity contribution >= 4 is 21.4 Å². The van der Waals surface area contributed by atoms with Gasteiger partial charge in [-0.1, -0.05) is 4.89 Å². The molecule has 1 aromatic rings. The van der Waals surface area contributed by atoms with Crippen molar-refractivity contribution in [3.8, 4) is 0 Å². The van der Waals surface area contributed by atoms with E-state index in [0.717, 1.165) is 4.88 Å². The molecule has 6 heteroatoms. The van der Waals surface area contributed by atoms with Crippen molar-refractivity contribution in [2.75, 3.05) is 0 Å². The first-order valence-corrected chi connectivity index (χ1v) is 6.77. The molecule has 1 rings (SSSR count). The molecule has 0 atom stereocenters. The number of sulfonamides is 1. The van der Waals surface area contributed by atoms with Gasteiger partial charge in [-0.15, -0.1) is 11.3 Å². The lowest BCUT2D eigenvalue weighted by Gasteiger charge is -2.18.